The van der Waals surface area contributed by atoms with Crippen molar-refractivity contribution >= 4 is 11.0 Å². The Morgan fingerprint density at radius 2 is 2.29 bits per heavy atom. The van der Waals surface area contributed by atoms with Crippen molar-refractivity contribution in [3.63, 3.8) is 0 Å². The van der Waals surface area contributed by atoms with Crippen LogP contribution >= 0.6 is 0 Å². The number of hydrogen-bond donors (Lipinski definition) is 1. The second-order valence-corrected chi connectivity index (χ2v) is 5.08. The predicted molar refractivity (Wildman–Crippen MR) is 68.0 cm³/mol. The normalized spacial score (nSPS) is 20.5. The first kappa shape index (κ1) is 10.7. The number of nitrogens with zero attached hydrogens (tertiary/aromatic N) is 3. The molecule has 2 aromatic heterocycles. The zero-order valence-electron chi connectivity index (χ0n) is 10.4. The van der Waals surface area contributed by atoms with Crippen molar-refractivity contribution in [1.29, 1.82) is 0 Å². The Kier molecular flexibility index (Phi) is 2.59. The van der Waals surface area contributed by atoms with Crippen molar-refractivity contribution in [2.75, 3.05) is 14.1 Å². The molecule has 0 fully saturated rings. The minimum atomic E-state index is 0.630. The number of aryl methyl sites for hydroxylation is 1. The Bertz CT molecular complexity index is 529. The summed E-state index contributed by atoms with van der Waals surface area (Å²) in [5, 5.41) is 0. The standard InChI is InChI=1S/C13H18N4/c1-17(2)9-4-3-5-11-10(6-9)13-12(16-11)7-14-8-15-13/h7-9,16H,3-6H2,1-2H3/t9-/m1/s1. The van der Waals surface area contributed by atoms with Gasteiger partial charge >= 0.3 is 0 Å². The number of likely N-dealkylation sites (N-methyl/N-ethyl adjacent to an activating group) is 1. The van der Waals surface area contributed by atoms with E-state index in [-0.39, 0.29) is 0 Å². The maximum Gasteiger partial charge on any atom is 0.116 e. The lowest BCUT2D eigenvalue weighted by Crippen LogP contribution is -2.29. The van der Waals surface area contributed by atoms with Crippen LogP contribution in [0.15, 0.2) is 12.5 Å². The van der Waals surface area contributed by atoms with Gasteiger partial charge in [0.2, 0.25) is 0 Å². The van der Waals surface area contributed by atoms with Gasteiger partial charge < -0.3 is 9.88 Å². The fourth-order valence-electron chi connectivity index (χ4n) is 2.77. The summed E-state index contributed by atoms with van der Waals surface area (Å²) >= 11 is 0. The molecular formula is C13H18N4. The van der Waals surface area contributed by atoms with Gasteiger partial charge in [-0.1, -0.05) is 0 Å². The summed E-state index contributed by atoms with van der Waals surface area (Å²) in [6.07, 6.45) is 8.27. The summed E-state index contributed by atoms with van der Waals surface area (Å²) < 4.78 is 0. The van der Waals surface area contributed by atoms with Gasteiger partial charge in [0.05, 0.1) is 17.2 Å². The molecule has 17 heavy (non-hydrogen) atoms. The van der Waals surface area contributed by atoms with Crippen LogP contribution in [-0.2, 0) is 12.8 Å². The summed E-state index contributed by atoms with van der Waals surface area (Å²) in [5.74, 6) is 0. The molecule has 2 aromatic rings. The quantitative estimate of drug-likeness (QED) is 0.759. The summed E-state index contributed by atoms with van der Waals surface area (Å²) in [6.45, 7) is 0. The predicted octanol–water partition coefficient (Wildman–Crippen LogP) is 1.77. The van der Waals surface area contributed by atoms with Gasteiger partial charge in [-0.25, -0.2) is 9.97 Å². The van der Waals surface area contributed by atoms with Crippen molar-refractivity contribution in [3.8, 4) is 0 Å². The molecule has 1 aliphatic carbocycles. The van der Waals surface area contributed by atoms with E-state index in [0.717, 1.165) is 23.9 Å². The van der Waals surface area contributed by atoms with E-state index >= 15 is 0 Å². The Morgan fingerprint density at radius 3 is 3.12 bits per heavy atom. The number of aromatic nitrogens is 3. The maximum atomic E-state index is 4.43. The van der Waals surface area contributed by atoms with Crippen molar-refractivity contribution in [3.05, 3.63) is 23.8 Å². The number of fused-ring (bicyclic) bond motifs is 3. The van der Waals surface area contributed by atoms with E-state index in [2.05, 4.69) is 33.9 Å². The number of rotatable bonds is 1. The molecule has 0 radical (unpaired) electrons. The second kappa shape index (κ2) is 4.11. The van der Waals surface area contributed by atoms with Crippen LogP contribution in [-0.4, -0.2) is 40.0 Å². The first-order valence-corrected chi connectivity index (χ1v) is 6.21. The van der Waals surface area contributed by atoms with Crippen LogP contribution in [0.25, 0.3) is 11.0 Å². The Balaban J connectivity index is 2.08. The molecule has 4 nitrogen and oxygen atoms in total. The molecule has 1 aliphatic rings. The van der Waals surface area contributed by atoms with E-state index in [0.29, 0.717) is 6.04 Å². The van der Waals surface area contributed by atoms with Gasteiger partial charge in [0.25, 0.3) is 0 Å². The smallest absolute Gasteiger partial charge is 0.116 e. The highest BCUT2D eigenvalue weighted by Gasteiger charge is 2.22. The molecule has 4 heteroatoms. The Hall–Kier alpha value is -1.42. The summed E-state index contributed by atoms with van der Waals surface area (Å²) in [6, 6.07) is 0.630. The van der Waals surface area contributed by atoms with E-state index in [4.69, 9.17) is 0 Å². The van der Waals surface area contributed by atoms with E-state index in [1.807, 2.05) is 6.20 Å². The number of H-pyrrole nitrogens is 1. The van der Waals surface area contributed by atoms with Gasteiger partial charge in [-0.3, -0.25) is 0 Å². The van der Waals surface area contributed by atoms with E-state index < -0.39 is 0 Å². The van der Waals surface area contributed by atoms with Gasteiger partial charge in [-0.2, -0.15) is 0 Å². The van der Waals surface area contributed by atoms with Crippen LogP contribution in [0.5, 0.6) is 0 Å². The summed E-state index contributed by atoms with van der Waals surface area (Å²) in [5.41, 5.74) is 4.96. The van der Waals surface area contributed by atoms with Gasteiger partial charge in [0.15, 0.2) is 0 Å². The molecule has 0 amide bonds. The third-order valence-corrected chi connectivity index (χ3v) is 3.78. The molecule has 0 saturated carbocycles. The lowest BCUT2D eigenvalue weighted by Gasteiger charge is -2.22. The van der Waals surface area contributed by atoms with Gasteiger partial charge in [-0.05, 0) is 39.8 Å². The molecule has 90 valence electrons. The highest BCUT2D eigenvalue weighted by molar-refractivity contribution is 5.79. The molecule has 1 N–H and O–H groups in total. The molecule has 0 bridgehead atoms. The van der Waals surface area contributed by atoms with Crippen LogP contribution in [0, 0.1) is 0 Å². The molecule has 0 aromatic carbocycles. The van der Waals surface area contributed by atoms with Crippen LogP contribution in [0.3, 0.4) is 0 Å². The first-order chi connectivity index (χ1) is 8.25. The fourth-order valence-corrected chi connectivity index (χ4v) is 2.77. The van der Waals surface area contributed by atoms with E-state index in [9.17, 15) is 0 Å². The van der Waals surface area contributed by atoms with E-state index in [1.165, 1.54) is 24.1 Å². The third kappa shape index (κ3) is 1.82. The average Bonchev–Trinajstić information content (AvgIpc) is 2.53. The molecule has 3 rings (SSSR count). The molecule has 0 saturated heterocycles. The maximum absolute atomic E-state index is 4.43. The van der Waals surface area contributed by atoms with Crippen LogP contribution in [0.2, 0.25) is 0 Å². The highest BCUT2D eigenvalue weighted by atomic mass is 15.1. The van der Waals surface area contributed by atoms with Crippen LogP contribution in [0.1, 0.15) is 24.1 Å². The minimum absolute atomic E-state index is 0.630. The Morgan fingerprint density at radius 1 is 1.41 bits per heavy atom. The SMILES string of the molecule is CN(C)[C@@H]1CCCc2[nH]c3cncnc3c2C1. The highest BCUT2D eigenvalue weighted by Crippen LogP contribution is 2.27. The molecule has 2 heterocycles. The molecule has 0 spiro atoms. The monoisotopic (exact) mass is 230 g/mol. The second-order valence-electron chi connectivity index (χ2n) is 5.08. The van der Waals surface area contributed by atoms with Crippen molar-refractivity contribution in [2.24, 2.45) is 0 Å². The van der Waals surface area contributed by atoms with E-state index in [1.54, 1.807) is 6.33 Å². The summed E-state index contributed by atoms with van der Waals surface area (Å²) in [7, 11) is 4.33. The van der Waals surface area contributed by atoms with Gasteiger partial charge in [0.1, 0.15) is 6.33 Å². The number of nitrogens with one attached hydrogen (secondary N) is 1. The lowest BCUT2D eigenvalue weighted by molar-refractivity contribution is 0.277. The van der Waals surface area contributed by atoms with Crippen LogP contribution < -0.4 is 0 Å². The van der Waals surface area contributed by atoms with Crippen molar-refractivity contribution in [2.45, 2.75) is 31.7 Å². The lowest BCUT2D eigenvalue weighted by atomic mass is 10.1. The molecule has 0 unspecified atom stereocenters. The van der Waals surface area contributed by atoms with Gasteiger partial charge in [-0.15, -0.1) is 0 Å². The minimum Gasteiger partial charge on any atom is -0.356 e. The molecule has 0 aliphatic heterocycles. The van der Waals surface area contributed by atoms with Crippen molar-refractivity contribution < 1.29 is 0 Å². The fraction of sp³-hybridized carbons (Fsp3) is 0.538. The zero-order valence-corrected chi connectivity index (χ0v) is 10.4. The topological polar surface area (TPSA) is 44.8 Å². The third-order valence-electron chi connectivity index (χ3n) is 3.78. The molecular weight excluding hydrogens is 212 g/mol. The van der Waals surface area contributed by atoms with Crippen molar-refractivity contribution in [1.82, 2.24) is 19.9 Å². The zero-order chi connectivity index (χ0) is 11.8. The van der Waals surface area contributed by atoms with Gasteiger partial charge in [0, 0.05) is 17.3 Å². The number of hydrogen-bond acceptors (Lipinski definition) is 3. The summed E-state index contributed by atoms with van der Waals surface area (Å²) in [4.78, 5) is 14.3. The number of aromatic amines is 1. The average molecular weight is 230 g/mol. The van der Waals surface area contributed by atoms with Crippen LogP contribution in [0.4, 0.5) is 0 Å². The molecule has 1 atom stereocenters. The Labute approximate surface area is 101 Å². The first-order valence-electron chi connectivity index (χ1n) is 6.21. The largest absolute Gasteiger partial charge is 0.356 e.